The van der Waals surface area contributed by atoms with Gasteiger partial charge in [-0.3, -0.25) is 4.79 Å². The zero-order valence-corrected chi connectivity index (χ0v) is 15.7. The Bertz CT molecular complexity index is 854. The molecule has 0 saturated heterocycles. The van der Waals surface area contributed by atoms with Crippen molar-refractivity contribution in [1.82, 2.24) is 5.16 Å². The molecule has 2 bridgehead atoms. The zero-order valence-electron chi connectivity index (χ0n) is 14.2. The summed E-state index contributed by atoms with van der Waals surface area (Å²) >= 11 is 12.8. The monoisotopic (exact) mass is 391 g/mol. The Labute approximate surface area is 161 Å². The molecule has 2 aromatic rings. The van der Waals surface area contributed by atoms with E-state index in [1.807, 2.05) is 6.07 Å². The van der Waals surface area contributed by atoms with Crippen LogP contribution in [0.4, 0.5) is 0 Å². The maximum absolute atomic E-state index is 11.8. The van der Waals surface area contributed by atoms with Gasteiger partial charge in [0, 0.05) is 29.4 Å². The summed E-state index contributed by atoms with van der Waals surface area (Å²) in [5.74, 6) is 2.28. The third kappa shape index (κ3) is 2.79. The fourth-order valence-corrected chi connectivity index (χ4v) is 5.01. The zero-order chi connectivity index (χ0) is 17.8. The summed E-state index contributed by atoms with van der Waals surface area (Å²) in [5.41, 5.74) is 2.34. The first-order valence-electron chi connectivity index (χ1n) is 9.19. The number of carbonyl (C=O) groups excluding carboxylic acids is 1. The summed E-state index contributed by atoms with van der Waals surface area (Å²) in [6.07, 6.45) is 4.86. The fraction of sp³-hybridized carbons (Fsp3) is 0.500. The normalized spacial score (nSPS) is 27.5. The van der Waals surface area contributed by atoms with E-state index in [4.69, 9.17) is 32.5 Å². The number of nitrogens with zero attached hydrogens (tertiary/aromatic N) is 1. The number of aromatic nitrogens is 1. The van der Waals surface area contributed by atoms with E-state index < -0.39 is 0 Å². The fourth-order valence-electron chi connectivity index (χ4n) is 4.43. The van der Waals surface area contributed by atoms with Crippen molar-refractivity contribution < 1.29 is 14.1 Å². The van der Waals surface area contributed by atoms with Crippen molar-refractivity contribution in [3.8, 4) is 11.3 Å². The van der Waals surface area contributed by atoms with Crippen LogP contribution in [0.2, 0.25) is 10.0 Å². The van der Waals surface area contributed by atoms with E-state index in [0.29, 0.717) is 51.9 Å². The third-order valence-corrected chi connectivity index (χ3v) is 6.59. The predicted molar refractivity (Wildman–Crippen MR) is 98.3 cm³/mol. The number of ketones is 1. The number of fused-ring (bicyclic) bond motifs is 2. The summed E-state index contributed by atoms with van der Waals surface area (Å²) < 4.78 is 11.9. The highest BCUT2D eigenvalue weighted by Crippen LogP contribution is 2.47. The van der Waals surface area contributed by atoms with Crippen LogP contribution in [-0.4, -0.2) is 17.0 Å². The van der Waals surface area contributed by atoms with Gasteiger partial charge in [0.2, 0.25) is 0 Å². The molecule has 0 aliphatic heterocycles. The lowest BCUT2D eigenvalue weighted by Gasteiger charge is -2.21. The molecule has 3 fully saturated rings. The van der Waals surface area contributed by atoms with Crippen molar-refractivity contribution >= 4 is 29.0 Å². The average molecular weight is 392 g/mol. The van der Waals surface area contributed by atoms with Gasteiger partial charge in [0.1, 0.15) is 17.2 Å². The molecule has 1 aromatic heterocycles. The van der Waals surface area contributed by atoms with Crippen molar-refractivity contribution in [3.05, 3.63) is 39.6 Å². The molecule has 3 aliphatic carbocycles. The van der Waals surface area contributed by atoms with Crippen LogP contribution in [0.1, 0.15) is 49.3 Å². The van der Waals surface area contributed by atoms with E-state index in [1.54, 1.807) is 12.1 Å². The number of carbonyl (C=O) groups is 1. The van der Waals surface area contributed by atoms with E-state index in [0.717, 1.165) is 37.0 Å². The number of Topliss-reactive ketones (excluding diaryl/α,β-unsaturated/α-hetero) is 1. The Morgan fingerprint density at radius 1 is 1.15 bits per heavy atom. The largest absolute Gasteiger partial charge is 0.373 e. The highest BCUT2D eigenvalue weighted by Gasteiger charge is 2.46. The summed E-state index contributed by atoms with van der Waals surface area (Å²) in [6.45, 7) is 0.425. The maximum Gasteiger partial charge on any atom is 0.145 e. The average Bonchev–Trinajstić information content (AvgIpc) is 3.10. The number of ether oxygens (including phenoxy) is 1. The van der Waals surface area contributed by atoms with Crippen molar-refractivity contribution in [2.45, 2.75) is 50.7 Å². The van der Waals surface area contributed by atoms with Gasteiger partial charge >= 0.3 is 0 Å². The molecule has 0 N–H and O–H groups in total. The molecule has 6 heteroatoms. The molecule has 1 aromatic carbocycles. The van der Waals surface area contributed by atoms with Crippen molar-refractivity contribution in [1.29, 1.82) is 0 Å². The van der Waals surface area contributed by atoms with Gasteiger partial charge in [-0.25, -0.2) is 0 Å². The van der Waals surface area contributed by atoms with Gasteiger partial charge in [-0.1, -0.05) is 34.4 Å². The predicted octanol–water partition coefficient (Wildman–Crippen LogP) is 5.41. The number of hydrogen-bond acceptors (Lipinski definition) is 4. The van der Waals surface area contributed by atoms with E-state index in [-0.39, 0.29) is 12.0 Å². The van der Waals surface area contributed by atoms with Gasteiger partial charge in [0.05, 0.1) is 22.8 Å². The minimum Gasteiger partial charge on any atom is -0.373 e. The molecular formula is C20H19Cl2NO3. The SMILES string of the molecule is O=C1CC2CC1CC2OCc1c(-c2c(Cl)cccc2Cl)noc1C1CC1. The molecule has 3 aliphatic rings. The standard InChI is InChI=1S/C20H19Cl2NO3/c21-14-2-1-3-15(22)18(14)19-13(20(26-23-19)10-4-5-10)9-25-17-8-11-6-12(17)7-16(11)24/h1-3,10-12,17H,4-9H2. The quantitative estimate of drug-likeness (QED) is 0.683. The topological polar surface area (TPSA) is 52.3 Å². The summed E-state index contributed by atoms with van der Waals surface area (Å²) in [4.78, 5) is 11.8. The molecule has 1 heterocycles. The number of benzene rings is 1. The van der Waals surface area contributed by atoms with E-state index in [2.05, 4.69) is 5.16 Å². The van der Waals surface area contributed by atoms with Crippen molar-refractivity contribution in [3.63, 3.8) is 0 Å². The summed E-state index contributed by atoms with van der Waals surface area (Å²) in [7, 11) is 0. The van der Waals surface area contributed by atoms with Gasteiger partial charge in [0.25, 0.3) is 0 Å². The molecule has 26 heavy (non-hydrogen) atoms. The smallest absolute Gasteiger partial charge is 0.145 e. The molecule has 3 unspecified atom stereocenters. The van der Waals surface area contributed by atoms with Crippen LogP contribution < -0.4 is 0 Å². The summed E-state index contributed by atoms with van der Waals surface area (Å²) in [5, 5.41) is 5.41. The maximum atomic E-state index is 11.8. The number of hydrogen-bond donors (Lipinski definition) is 0. The van der Waals surface area contributed by atoms with E-state index in [1.165, 1.54) is 0 Å². The minimum atomic E-state index is 0.147. The lowest BCUT2D eigenvalue weighted by Crippen LogP contribution is -2.24. The van der Waals surface area contributed by atoms with E-state index in [9.17, 15) is 4.79 Å². The highest BCUT2D eigenvalue weighted by molar-refractivity contribution is 6.39. The Kier molecular flexibility index (Phi) is 4.11. The third-order valence-electron chi connectivity index (χ3n) is 5.96. The molecule has 3 saturated carbocycles. The number of rotatable bonds is 5. The number of halogens is 2. The molecule has 3 atom stereocenters. The van der Waals surface area contributed by atoms with Gasteiger partial charge < -0.3 is 9.26 Å². The Morgan fingerprint density at radius 2 is 1.92 bits per heavy atom. The molecule has 5 rings (SSSR count). The molecular weight excluding hydrogens is 373 g/mol. The van der Waals surface area contributed by atoms with Gasteiger partial charge in [-0.15, -0.1) is 0 Å². The molecule has 4 nitrogen and oxygen atoms in total. The highest BCUT2D eigenvalue weighted by atomic mass is 35.5. The van der Waals surface area contributed by atoms with E-state index >= 15 is 0 Å². The van der Waals surface area contributed by atoms with Crippen molar-refractivity contribution in [2.75, 3.05) is 0 Å². The molecule has 136 valence electrons. The minimum absolute atomic E-state index is 0.147. The van der Waals surface area contributed by atoms with Crippen LogP contribution in [0.5, 0.6) is 0 Å². The van der Waals surface area contributed by atoms with Crippen LogP contribution in [0.3, 0.4) is 0 Å². The second-order valence-electron chi connectivity index (χ2n) is 7.69. The molecule has 0 radical (unpaired) electrons. The van der Waals surface area contributed by atoms with Gasteiger partial charge in [0.15, 0.2) is 0 Å². The Balaban J connectivity index is 1.44. The lowest BCUT2D eigenvalue weighted by atomic mass is 9.96. The second kappa shape index (κ2) is 6.36. The van der Waals surface area contributed by atoms with Crippen LogP contribution in [-0.2, 0) is 16.1 Å². The van der Waals surface area contributed by atoms with Crippen LogP contribution in [0.25, 0.3) is 11.3 Å². The summed E-state index contributed by atoms with van der Waals surface area (Å²) in [6, 6.07) is 5.43. The Morgan fingerprint density at radius 3 is 2.54 bits per heavy atom. The van der Waals surface area contributed by atoms with Crippen LogP contribution >= 0.6 is 23.2 Å². The lowest BCUT2D eigenvalue weighted by molar-refractivity contribution is -0.124. The molecule has 0 spiro atoms. The second-order valence-corrected chi connectivity index (χ2v) is 8.51. The molecule has 0 amide bonds. The first kappa shape index (κ1) is 16.8. The van der Waals surface area contributed by atoms with Crippen molar-refractivity contribution in [2.24, 2.45) is 11.8 Å². The van der Waals surface area contributed by atoms with Crippen LogP contribution in [0, 0.1) is 11.8 Å². The first-order valence-corrected chi connectivity index (χ1v) is 9.94. The first-order chi connectivity index (χ1) is 12.6. The van der Waals surface area contributed by atoms with Gasteiger partial charge in [-0.2, -0.15) is 0 Å². The van der Waals surface area contributed by atoms with Crippen LogP contribution in [0.15, 0.2) is 22.7 Å². The Hall–Kier alpha value is -1.36. The van der Waals surface area contributed by atoms with Gasteiger partial charge in [-0.05, 0) is 43.7 Å².